The molecule has 70 valence electrons. The molecule has 0 aromatic heterocycles. The van der Waals surface area contributed by atoms with Crippen molar-refractivity contribution in [2.24, 2.45) is 0 Å². The van der Waals surface area contributed by atoms with E-state index in [9.17, 15) is 0 Å². The summed E-state index contributed by atoms with van der Waals surface area (Å²) in [6.07, 6.45) is 10.4. The summed E-state index contributed by atoms with van der Waals surface area (Å²) in [6, 6.07) is 8.03. The lowest BCUT2D eigenvalue weighted by Crippen LogP contribution is -1.82. The summed E-state index contributed by atoms with van der Waals surface area (Å²) in [5.41, 5.74) is 2.38. The standard InChI is InChI=1S/C13H12O/c1-14-13-8-4-7-12(10-13)9-11-5-2-3-6-11/h2-10H,1H3. The Balaban J connectivity index is 2.28. The molecule has 0 atom stereocenters. The number of benzene rings is 1. The van der Waals surface area contributed by atoms with Crippen molar-refractivity contribution in [3.8, 4) is 5.75 Å². The zero-order valence-corrected chi connectivity index (χ0v) is 8.10. The van der Waals surface area contributed by atoms with Gasteiger partial charge in [-0.15, -0.1) is 0 Å². The van der Waals surface area contributed by atoms with Gasteiger partial charge < -0.3 is 4.74 Å². The molecule has 0 aliphatic heterocycles. The van der Waals surface area contributed by atoms with Gasteiger partial charge in [0.15, 0.2) is 0 Å². The van der Waals surface area contributed by atoms with Crippen molar-refractivity contribution in [3.63, 3.8) is 0 Å². The first kappa shape index (κ1) is 8.82. The maximum absolute atomic E-state index is 5.15. The molecule has 0 spiro atoms. The number of hydrogen-bond acceptors (Lipinski definition) is 1. The monoisotopic (exact) mass is 184 g/mol. The zero-order chi connectivity index (χ0) is 9.80. The maximum Gasteiger partial charge on any atom is 0.119 e. The van der Waals surface area contributed by atoms with Gasteiger partial charge in [0.05, 0.1) is 7.11 Å². The van der Waals surface area contributed by atoms with Gasteiger partial charge in [-0.05, 0) is 29.3 Å². The third-order valence-electron chi connectivity index (χ3n) is 2.12. The van der Waals surface area contributed by atoms with E-state index in [1.807, 2.05) is 30.4 Å². The lowest BCUT2D eigenvalue weighted by Gasteiger charge is -2.00. The van der Waals surface area contributed by atoms with Gasteiger partial charge in [-0.1, -0.05) is 36.4 Å². The molecule has 0 bridgehead atoms. The van der Waals surface area contributed by atoms with Crippen molar-refractivity contribution in [2.45, 2.75) is 0 Å². The molecule has 0 radical (unpaired) electrons. The Bertz CT molecular complexity index is 397. The molecule has 0 saturated carbocycles. The average molecular weight is 184 g/mol. The van der Waals surface area contributed by atoms with Crippen molar-refractivity contribution < 1.29 is 4.74 Å². The number of allylic oxidation sites excluding steroid dienone is 5. The van der Waals surface area contributed by atoms with Gasteiger partial charge in [0, 0.05) is 0 Å². The highest BCUT2D eigenvalue weighted by Crippen LogP contribution is 2.17. The van der Waals surface area contributed by atoms with Gasteiger partial charge in [-0.25, -0.2) is 0 Å². The fourth-order valence-corrected chi connectivity index (χ4v) is 1.41. The minimum Gasteiger partial charge on any atom is -0.497 e. The van der Waals surface area contributed by atoms with Gasteiger partial charge in [-0.2, -0.15) is 0 Å². The summed E-state index contributed by atoms with van der Waals surface area (Å²) < 4.78 is 5.15. The van der Waals surface area contributed by atoms with Crippen molar-refractivity contribution in [1.29, 1.82) is 0 Å². The molecule has 14 heavy (non-hydrogen) atoms. The predicted octanol–water partition coefficient (Wildman–Crippen LogP) is 3.20. The molecule has 0 N–H and O–H groups in total. The van der Waals surface area contributed by atoms with Crippen LogP contribution in [-0.4, -0.2) is 7.11 Å². The summed E-state index contributed by atoms with van der Waals surface area (Å²) in [5.74, 6) is 0.894. The average Bonchev–Trinajstić information content (AvgIpc) is 2.71. The number of hydrogen-bond donors (Lipinski definition) is 0. The number of ether oxygens (including phenoxy) is 1. The maximum atomic E-state index is 5.15. The summed E-state index contributed by atoms with van der Waals surface area (Å²) in [4.78, 5) is 0. The van der Waals surface area contributed by atoms with Crippen LogP contribution >= 0.6 is 0 Å². The SMILES string of the molecule is COc1cccc(C=C2C=CC=C2)c1. The molecule has 1 aromatic carbocycles. The van der Waals surface area contributed by atoms with Crippen molar-refractivity contribution in [1.82, 2.24) is 0 Å². The molecular weight excluding hydrogens is 172 g/mol. The first-order valence-corrected chi connectivity index (χ1v) is 4.59. The molecule has 1 aliphatic rings. The van der Waals surface area contributed by atoms with Crippen LogP contribution in [-0.2, 0) is 0 Å². The number of rotatable bonds is 2. The highest BCUT2D eigenvalue weighted by atomic mass is 16.5. The molecular formula is C13H12O. The normalized spacial score (nSPS) is 13.4. The molecule has 0 heterocycles. The smallest absolute Gasteiger partial charge is 0.119 e. The summed E-state index contributed by atoms with van der Waals surface area (Å²) in [6.45, 7) is 0. The highest BCUT2D eigenvalue weighted by Gasteiger charge is 1.95. The molecule has 1 aliphatic carbocycles. The summed E-state index contributed by atoms with van der Waals surface area (Å²) in [5, 5.41) is 0. The van der Waals surface area contributed by atoms with Crippen LogP contribution < -0.4 is 4.74 Å². The fraction of sp³-hybridized carbons (Fsp3) is 0.0769. The Hall–Kier alpha value is -1.76. The van der Waals surface area contributed by atoms with Crippen LogP contribution in [0.1, 0.15) is 5.56 Å². The molecule has 0 fully saturated rings. The summed E-state index contributed by atoms with van der Waals surface area (Å²) >= 11 is 0. The van der Waals surface area contributed by atoms with Crippen molar-refractivity contribution >= 4 is 6.08 Å². The second kappa shape index (κ2) is 3.97. The van der Waals surface area contributed by atoms with Gasteiger partial charge in [0.25, 0.3) is 0 Å². The predicted molar refractivity (Wildman–Crippen MR) is 59.3 cm³/mol. The molecule has 1 heteroatoms. The Morgan fingerprint density at radius 2 is 1.93 bits per heavy atom. The quantitative estimate of drug-likeness (QED) is 0.685. The lowest BCUT2D eigenvalue weighted by atomic mass is 10.1. The Morgan fingerprint density at radius 3 is 2.64 bits per heavy atom. The Kier molecular flexibility index (Phi) is 2.50. The Morgan fingerprint density at radius 1 is 1.14 bits per heavy atom. The topological polar surface area (TPSA) is 9.23 Å². The van der Waals surface area contributed by atoms with E-state index < -0.39 is 0 Å². The Labute approximate surface area is 84.0 Å². The van der Waals surface area contributed by atoms with E-state index in [2.05, 4.69) is 24.3 Å². The van der Waals surface area contributed by atoms with Crippen LogP contribution in [0.4, 0.5) is 0 Å². The van der Waals surface area contributed by atoms with Crippen LogP contribution in [0.3, 0.4) is 0 Å². The van der Waals surface area contributed by atoms with E-state index in [1.54, 1.807) is 7.11 Å². The van der Waals surface area contributed by atoms with Crippen LogP contribution in [0.15, 0.2) is 54.1 Å². The van der Waals surface area contributed by atoms with E-state index in [4.69, 9.17) is 4.74 Å². The van der Waals surface area contributed by atoms with Gasteiger partial charge in [0.2, 0.25) is 0 Å². The van der Waals surface area contributed by atoms with Gasteiger partial charge in [0.1, 0.15) is 5.75 Å². The van der Waals surface area contributed by atoms with E-state index >= 15 is 0 Å². The summed E-state index contributed by atoms with van der Waals surface area (Å²) in [7, 11) is 1.68. The molecule has 1 aromatic rings. The van der Waals surface area contributed by atoms with Crippen LogP contribution in [0.2, 0.25) is 0 Å². The molecule has 0 saturated heterocycles. The van der Waals surface area contributed by atoms with Crippen LogP contribution in [0.5, 0.6) is 5.75 Å². The second-order valence-electron chi connectivity index (χ2n) is 3.14. The third kappa shape index (κ3) is 1.94. The lowest BCUT2D eigenvalue weighted by molar-refractivity contribution is 0.414. The van der Waals surface area contributed by atoms with E-state index in [-0.39, 0.29) is 0 Å². The van der Waals surface area contributed by atoms with E-state index in [1.165, 1.54) is 5.57 Å². The number of methoxy groups -OCH3 is 1. The second-order valence-corrected chi connectivity index (χ2v) is 3.14. The van der Waals surface area contributed by atoms with Crippen LogP contribution in [0.25, 0.3) is 6.08 Å². The largest absolute Gasteiger partial charge is 0.497 e. The minimum absolute atomic E-state index is 0.894. The third-order valence-corrected chi connectivity index (χ3v) is 2.12. The van der Waals surface area contributed by atoms with Gasteiger partial charge >= 0.3 is 0 Å². The fourth-order valence-electron chi connectivity index (χ4n) is 1.41. The molecule has 2 rings (SSSR count). The van der Waals surface area contributed by atoms with Crippen LogP contribution in [0, 0.1) is 0 Å². The van der Waals surface area contributed by atoms with E-state index in [0.717, 1.165) is 11.3 Å². The molecule has 1 nitrogen and oxygen atoms in total. The first-order valence-electron chi connectivity index (χ1n) is 4.59. The minimum atomic E-state index is 0.894. The van der Waals surface area contributed by atoms with Gasteiger partial charge in [-0.3, -0.25) is 0 Å². The van der Waals surface area contributed by atoms with Crippen molar-refractivity contribution in [2.75, 3.05) is 7.11 Å². The zero-order valence-electron chi connectivity index (χ0n) is 8.10. The molecule has 0 amide bonds. The van der Waals surface area contributed by atoms with Crippen molar-refractivity contribution in [3.05, 3.63) is 59.7 Å². The van der Waals surface area contributed by atoms with E-state index in [0.29, 0.717) is 0 Å². The molecule has 0 unspecified atom stereocenters. The first-order chi connectivity index (χ1) is 6.88. The highest BCUT2D eigenvalue weighted by molar-refractivity contribution is 5.62.